The van der Waals surface area contributed by atoms with Gasteiger partial charge in [0.05, 0.1) is 4.90 Å². The van der Waals surface area contributed by atoms with Crippen molar-refractivity contribution >= 4 is 33.4 Å². The number of rotatable bonds is 6. The number of sulfonamides is 1. The van der Waals surface area contributed by atoms with Crippen molar-refractivity contribution in [1.82, 2.24) is 4.72 Å². The molecule has 0 radical (unpaired) electrons. The maximum atomic E-state index is 11.8. The Hall–Kier alpha value is -0.270. The normalized spacial score (nSPS) is 11.7. The van der Waals surface area contributed by atoms with Gasteiger partial charge < -0.3 is 5.73 Å². The van der Waals surface area contributed by atoms with Crippen LogP contribution in [0.2, 0.25) is 5.02 Å². The van der Waals surface area contributed by atoms with Crippen molar-refractivity contribution in [2.75, 3.05) is 18.6 Å². The molecule has 1 rings (SSSR count). The molecule has 0 bridgehead atoms. The summed E-state index contributed by atoms with van der Waals surface area (Å²) < 4.78 is 26.2. The van der Waals surface area contributed by atoms with Crippen molar-refractivity contribution in [3.05, 3.63) is 28.8 Å². The summed E-state index contributed by atoms with van der Waals surface area (Å²) >= 11 is 7.50. The maximum absolute atomic E-state index is 11.8. The average molecular weight is 295 g/mol. The highest BCUT2D eigenvalue weighted by Crippen LogP contribution is 2.20. The first-order valence-corrected chi connectivity index (χ1v) is 8.24. The highest BCUT2D eigenvalue weighted by molar-refractivity contribution is 7.98. The monoisotopic (exact) mass is 294 g/mol. The molecule has 0 atom stereocenters. The van der Waals surface area contributed by atoms with Crippen LogP contribution < -0.4 is 10.5 Å². The van der Waals surface area contributed by atoms with E-state index in [0.29, 0.717) is 18.1 Å². The van der Waals surface area contributed by atoms with Crippen LogP contribution in [-0.4, -0.2) is 27.0 Å². The molecular formula is C10H15ClN2O2S2. The maximum Gasteiger partial charge on any atom is 0.240 e. The first-order valence-electron chi connectivity index (χ1n) is 4.98. The second-order valence-corrected chi connectivity index (χ2v) is 6.51. The predicted molar refractivity (Wildman–Crippen MR) is 72.9 cm³/mol. The Morgan fingerprint density at radius 1 is 1.47 bits per heavy atom. The van der Waals surface area contributed by atoms with Gasteiger partial charge in [-0.2, -0.15) is 11.8 Å². The summed E-state index contributed by atoms with van der Waals surface area (Å²) in [6.07, 6.45) is 1.92. The van der Waals surface area contributed by atoms with Crippen molar-refractivity contribution < 1.29 is 8.42 Å². The molecule has 0 unspecified atom stereocenters. The Morgan fingerprint density at radius 3 is 2.71 bits per heavy atom. The Labute approximate surface area is 111 Å². The van der Waals surface area contributed by atoms with Gasteiger partial charge in [0.1, 0.15) is 0 Å². The van der Waals surface area contributed by atoms with Gasteiger partial charge in [-0.15, -0.1) is 0 Å². The smallest absolute Gasteiger partial charge is 0.240 e. The molecule has 0 saturated heterocycles. The summed E-state index contributed by atoms with van der Waals surface area (Å²) in [5, 5.41) is 0.375. The van der Waals surface area contributed by atoms with Crippen LogP contribution in [0, 0.1) is 0 Å². The van der Waals surface area contributed by atoms with Gasteiger partial charge >= 0.3 is 0 Å². The quantitative estimate of drug-likeness (QED) is 0.779. The van der Waals surface area contributed by atoms with Gasteiger partial charge in [0, 0.05) is 23.9 Å². The standard InChI is InChI=1S/C10H15ClN2O2S2/c1-16-5-4-13-17(14,15)9-3-2-8(7-12)10(11)6-9/h2-3,6,13H,4-5,7,12H2,1H3. The Morgan fingerprint density at radius 2 is 2.18 bits per heavy atom. The Bertz CT molecular complexity index is 477. The van der Waals surface area contributed by atoms with Crippen LogP contribution in [0.25, 0.3) is 0 Å². The minimum Gasteiger partial charge on any atom is -0.326 e. The molecule has 0 spiro atoms. The molecule has 96 valence electrons. The lowest BCUT2D eigenvalue weighted by Gasteiger charge is -2.08. The number of benzene rings is 1. The summed E-state index contributed by atoms with van der Waals surface area (Å²) in [7, 11) is -3.47. The summed E-state index contributed by atoms with van der Waals surface area (Å²) in [5.41, 5.74) is 6.19. The fourth-order valence-electron chi connectivity index (χ4n) is 1.22. The second-order valence-electron chi connectivity index (χ2n) is 3.35. The van der Waals surface area contributed by atoms with Crippen molar-refractivity contribution in [3.8, 4) is 0 Å². The number of hydrogen-bond acceptors (Lipinski definition) is 4. The van der Waals surface area contributed by atoms with Crippen LogP contribution in [0.4, 0.5) is 0 Å². The van der Waals surface area contributed by atoms with Gasteiger partial charge in [0.25, 0.3) is 0 Å². The number of halogens is 1. The second kappa shape index (κ2) is 6.61. The summed E-state index contributed by atoms with van der Waals surface area (Å²) in [6, 6.07) is 4.56. The molecule has 0 fully saturated rings. The molecule has 0 aliphatic rings. The van der Waals surface area contributed by atoms with Crippen molar-refractivity contribution in [1.29, 1.82) is 0 Å². The third-order valence-corrected chi connectivity index (χ3v) is 4.58. The molecule has 1 aromatic rings. The number of nitrogens with two attached hydrogens (primary N) is 1. The van der Waals surface area contributed by atoms with Gasteiger partial charge in [-0.3, -0.25) is 0 Å². The molecular weight excluding hydrogens is 280 g/mol. The summed E-state index contributed by atoms with van der Waals surface area (Å²) in [6.45, 7) is 0.693. The molecule has 4 nitrogen and oxygen atoms in total. The fourth-order valence-corrected chi connectivity index (χ4v) is 3.04. The van der Waals surface area contributed by atoms with Crippen molar-refractivity contribution in [2.24, 2.45) is 5.73 Å². The first-order chi connectivity index (χ1) is 8.01. The topological polar surface area (TPSA) is 72.2 Å². The minimum absolute atomic E-state index is 0.167. The number of hydrogen-bond donors (Lipinski definition) is 2. The van der Waals surface area contributed by atoms with E-state index in [0.717, 1.165) is 11.3 Å². The molecule has 0 saturated carbocycles. The van der Waals surface area contributed by atoms with Crippen LogP contribution in [0.3, 0.4) is 0 Å². The molecule has 0 amide bonds. The summed E-state index contributed by atoms with van der Waals surface area (Å²) in [5.74, 6) is 0.730. The van der Waals surface area contributed by atoms with Crippen LogP contribution >= 0.6 is 23.4 Å². The van der Waals surface area contributed by atoms with E-state index in [1.165, 1.54) is 12.1 Å². The Kier molecular flexibility index (Phi) is 5.75. The minimum atomic E-state index is -3.47. The molecule has 0 heterocycles. The lowest BCUT2D eigenvalue weighted by Crippen LogP contribution is -2.26. The van der Waals surface area contributed by atoms with E-state index in [1.807, 2.05) is 6.26 Å². The van der Waals surface area contributed by atoms with Crippen LogP contribution in [0.5, 0.6) is 0 Å². The van der Waals surface area contributed by atoms with E-state index in [4.69, 9.17) is 17.3 Å². The summed E-state index contributed by atoms with van der Waals surface area (Å²) in [4.78, 5) is 0.167. The Balaban J connectivity index is 2.88. The highest BCUT2D eigenvalue weighted by Gasteiger charge is 2.14. The van der Waals surface area contributed by atoms with Crippen LogP contribution in [0.15, 0.2) is 23.1 Å². The number of nitrogens with one attached hydrogen (secondary N) is 1. The van der Waals surface area contributed by atoms with E-state index in [1.54, 1.807) is 17.8 Å². The van der Waals surface area contributed by atoms with Crippen LogP contribution in [-0.2, 0) is 16.6 Å². The molecule has 0 aliphatic heterocycles. The van der Waals surface area contributed by atoms with Crippen molar-refractivity contribution in [3.63, 3.8) is 0 Å². The van der Waals surface area contributed by atoms with Gasteiger partial charge in [0.15, 0.2) is 0 Å². The number of thioether (sulfide) groups is 1. The molecule has 17 heavy (non-hydrogen) atoms. The lowest BCUT2D eigenvalue weighted by molar-refractivity contribution is 0.584. The van der Waals surface area contributed by atoms with Gasteiger partial charge in [-0.25, -0.2) is 13.1 Å². The lowest BCUT2D eigenvalue weighted by atomic mass is 10.2. The zero-order valence-electron chi connectivity index (χ0n) is 9.44. The highest BCUT2D eigenvalue weighted by atomic mass is 35.5. The van der Waals surface area contributed by atoms with Gasteiger partial charge in [-0.1, -0.05) is 17.7 Å². The molecule has 7 heteroatoms. The predicted octanol–water partition coefficient (Wildman–Crippen LogP) is 1.44. The van der Waals surface area contributed by atoms with Gasteiger partial charge in [-0.05, 0) is 24.0 Å². The van der Waals surface area contributed by atoms with E-state index >= 15 is 0 Å². The van der Waals surface area contributed by atoms with Crippen LogP contribution in [0.1, 0.15) is 5.56 Å². The third-order valence-electron chi connectivity index (χ3n) is 2.15. The van der Waals surface area contributed by atoms with E-state index < -0.39 is 10.0 Å². The average Bonchev–Trinajstić information content (AvgIpc) is 2.29. The zero-order chi connectivity index (χ0) is 12.9. The SMILES string of the molecule is CSCCNS(=O)(=O)c1ccc(CN)c(Cl)c1. The van der Waals surface area contributed by atoms with Crippen molar-refractivity contribution in [2.45, 2.75) is 11.4 Å². The first kappa shape index (κ1) is 14.8. The fraction of sp³-hybridized carbons (Fsp3) is 0.400. The zero-order valence-corrected chi connectivity index (χ0v) is 11.8. The van der Waals surface area contributed by atoms with E-state index in [2.05, 4.69) is 4.72 Å². The molecule has 3 N–H and O–H groups in total. The van der Waals surface area contributed by atoms with E-state index in [9.17, 15) is 8.42 Å². The van der Waals surface area contributed by atoms with Gasteiger partial charge in [0.2, 0.25) is 10.0 Å². The molecule has 0 aliphatic carbocycles. The van der Waals surface area contributed by atoms with E-state index in [-0.39, 0.29) is 4.90 Å². The molecule has 0 aromatic heterocycles. The largest absolute Gasteiger partial charge is 0.326 e. The molecule has 1 aromatic carbocycles. The third kappa shape index (κ3) is 4.15.